The summed E-state index contributed by atoms with van der Waals surface area (Å²) >= 11 is 0. The summed E-state index contributed by atoms with van der Waals surface area (Å²) < 4.78 is 24.7. The van der Waals surface area contributed by atoms with Gasteiger partial charge in [-0.3, -0.25) is 0 Å². The third kappa shape index (κ3) is 4.80. The standard InChI is InChI=1S/C15H24FNO2/c1-4-10-19-11-9-13(17-5-2)12-7-6-8-14(18-3)15(12)16/h6-8,13,17H,4-5,9-11H2,1-3H3. The van der Waals surface area contributed by atoms with Crippen molar-refractivity contribution in [1.29, 1.82) is 0 Å². The second-order valence-corrected chi connectivity index (χ2v) is 4.37. The third-order valence-electron chi connectivity index (χ3n) is 2.94. The molecule has 0 saturated carbocycles. The molecule has 0 aliphatic rings. The number of hydrogen-bond acceptors (Lipinski definition) is 3. The molecular weight excluding hydrogens is 245 g/mol. The van der Waals surface area contributed by atoms with E-state index in [4.69, 9.17) is 9.47 Å². The van der Waals surface area contributed by atoms with Crippen LogP contribution in [0, 0.1) is 5.82 Å². The zero-order valence-electron chi connectivity index (χ0n) is 12.0. The SMILES string of the molecule is CCCOCCC(NCC)c1cccc(OC)c1F. The minimum atomic E-state index is -0.286. The molecule has 0 amide bonds. The summed E-state index contributed by atoms with van der Waals surface area (Å²) in [5, 5.41) is 3.29. The van der Waals surface area contributed by atoms with Gasteiger partial charge in [-0.2, -0.15) is 0 Å². The van der Waals surface area contributed by atoms with E-state index < -0.39 is 0 Å². The molecule has 19 heavy (non-hydrogen) atoms. The van der Waals surface area contributed by atoms with E-state index in [1.807, 2.05) is 13.0 Å². The first-order valence-corrected chi connectivity index (χ1v) is 6.88. The molecule has 0 aliphatic carbocycles. The van der Waals surface area contributed by atoms with Crippen molar-refractivity contribution in [3.8, 4) is 5.75 Å². The van der Waals surface area contributed by atoms with Crippen LogP contribution in [0.2, 0.25) is 0 Å². The highest BCUT2D eigenvalue weighted by atomic mass is 19.1. The highest BCUT2D eigenvalue weighted by Crippen LogP contribution is 2.26. The molecule has 3 nitrogen and oxygen atoms in total. The van der Waals surface area contributed by atoms with E-state index in [1.165, 1.54) is 7.11 Å². The quantitative estimate of drug-likeness (QED) is 0.698. The lowest BCUT2D eigenvalue weighted by Gasteiger charge is -2.20. The number of rotatable bonds is 9. The summed E-state index contributed by atoms with van der Waals surface area (Å²) in [6, 6.07) is 5.20. The van der Waals surface area contributed by atoms with Crippen molar-refractivity contribution in [3.63, 3.8) is 0 Å². The molecule has 1 atom stereocenters. The van der Waals surface area contributed by atoms with Crippen LogP contribution in [0.25, 0.3) is 0 Å². The summed E-state index contributed by atoms with van der Waals surface area (Å²) in [4.78, 5) is 0. The van der Waals surface area contributed by atoms with Crippen LogP contribution in [0.1, 0.15) is 38.3 Å². The van der Waals surface area contributed by atoms with Gasteiger partial charge in [0.1, 0.15) is 0 Å². The third-order valence-corrected chi connectivity index (χ3v) is 2.94. The normalized spacial score (nSPS) is 12.4. The van der Waals surface area contributed by atoms with Gasteiger partial charge >= 0.3 is 0 Å². The second-order valence-electron chi connectivity index (χ2n) is 4.37. The largest absolute Gasteiger partial charge is 0.494 e. The van der Waals surface area contributed by atoms with Crippen LogP contribution in [-0.2, 0) is 4.74 Å². The molecule has 1 unspecified atom stereocenters. The van der Waals surface area contributed by atoms with Crippen LogP contribution in [-0.4, -0.2) is 26.9 Å². The molecular formula is C15H24FNO2. The molecule has 1 aromatic carbocycles. The van der Waals surface area contributed by atoms with Crippen molar-refractivity contribution >= 4 is 0 Å². The first-order valence-electron chi connectivity index (χ1n) is 6.88. The summed E-state index contributed by atoms with van der Waals surface area (Å²) in [5.41, 5.74) is 0.640. The van der Waals surface area contributed by atoms with Crippen molar-refractivity contribution in [2.24, 2.45) is 0 Å². The number of benzene rings is 1. The van der Waals surface area contributed by atoms with Gasteiger partial charge in [0.05, 0.1) is 7.11 Å². The Balaban J connectivity index is 2.74. The zero-order valence-corrected chi connectivity index (χ0v) is 12.0. The van der Waals surface area contributed by atoms with Crippen molar-refractivity contribution in [2.75, 3.05) is 26.9 Å². The van der Waals surface area contributed by atoms with Gasteiger partial charge < -0.3 is 14.8 Å². The van der Waals surface area contributed by atoms with Crippen molar-refractivity contribution in [3.05, 3.63) is 29.6 Å². The second kappa shape index (κ2) is 8.88. The van der Waals surface area contributed by atoms with E-state index in [0.29, 0.717) is 12.2 Å². The molecule has 0 radical (unpaired) electrons. The smallest absolute Gasteiger partial charge is 0.169 e. The molecule has 0 heterocycles. The number of methoxy groups -OCH3 is 1. The van der Waals surface area contributed by atoms with Gasteiger partial charge in [-0.1, -0.05) is 26.0 Å². The molecule has 4 heteroatoms. The summed E-state index contributed by atoms with van der Waals surface area (Å²) in [6.45, 7) is 6.25. The number of ether oxygens (including phenoxy) is 2. The van der Waals surface area contributed by atoms with Crippen LogP contribution >= 0.6 is 0 Å². The Kier molecular flexibility index (Phi) is 7.45. The fourth-order valence-corrected chi connectivity index (χ4v) is 2.02. The van der Waals surface area contributed by atoms with Crippen LogP contribution in [0.15, 0.2) is 18.2 Å². The van der Waals surface area contributed by atoms with Crippen molar-refractivity contribution < 1.29 is 13.9 Å². The highest BCUT2D eigenvalue weighted by Gasteiger charge is 2.17. The lowest BCUT2D eigenvalue weighted by atomic mass is 10.0. The molecule has 108 valence electrons. The molecule has 0 fully saturated rings. The van der Waals surface area contributed by atoms with E-state index in [9.17, 15) is 4.39 Å². The van der Waals surface area contributed by atoms with Gasteiger partial charge in [0, 0.05) is 24.8 Å². The van der Waals surface area contributed by atoms with E-state index in [1.54, 1.807) is 12.1 Å². The molecule has 0 spiro atoms. The Bertz CT molecular complexity index is 371. The van der Waals surface area contributed by atoms with Crippen LogP contribution < -0.4 is 10.1 Å². The Hall–Kier alpha value is -1.13. The monoisotopic (exact) mass is 269 g/mol. The van der Waals surface area contributed by atoms with Gasteiger partial charge in [-0.15, -0.1) is 0 Å². The van der Waals surface area contributed by atoms with Gasteiger partial charge in [-0.25, -0.2) is 4.39 Å². The predicted molar refractivity (Wildman–Crippen MR) is 75.1 cm³/mol. The van der Waals surface area contributed by atoms with Crippen molar-refractivity contribution in [2.45, 2.75) is 32.7 Å². The van der Waals surface area contributed by atoms with Crippen LogP contribution in [0.4, 0.5) is 4.39 Å². The molecule has 0 aliphatic heterocycles. The molecule has 1 aromatic rings. The summed E-state index contributed by atoms with van der Waals surface area (Å²) in [7, 11) is 1.48. The topological polar surface area (TPSA) is 30.5 Å². The zero-order chi connectivity index (χ0) is 14.1. The van der Waals surface area contributed by atoms with Gasteiger partial charge in [0.2, 0.25) is 0 Å². The number of nitrogens with one attached hydrogen (secondary N) is 1. The van der Waals surface area contributed by atoms with E-state index in [0.717, 1.165) is 26.0 Å². The maximum Gasteiger partial charge on any atom is 0.169 e. The van der Waals surface area contributed by atoms with E-state index in [-0.39, 0.29) is 17.6 Å². The molecule has 0 saturated heterocycles. The number of hydrogen-bond donors (Lipinski definition) is 1. The van der Waals surface area contributed by atoms with Crippen LogP contribution in [0.3, 0.4) is 0 Å². The van der Waals surface area contributed by atoms with E-state index in [2.05, 4.69) is 12.2 Å². The Morgan fingerprint density at radius 1 is 1.26 bits per heavy atom. The molecule has 1 rings (SSSR count). The maximum atomic E-state index is 14.2. The minimum Gasteiger partial charge on any atom is -0.494 e. The fraction of sp³-hybridized carbons (Fsp3) is 0.600. The fourth-order valence-electron chi connectivity index (χ4n) is 2.02. The first kappa shape index (κ1) is 15.9. The Morgan fingerprint density at radius 3 is 2.68 bits per heavy atom. The Morgan fingerprint density at radius 2 is 2.05 bits per heavy atom. The minimum absolute atomic E-state index is 0.0445. The summed E-state index contributed by atoms with van der Waals surface area (Å²) in [6.07, 6.45) is 1.75. The summed E-state index contributed by atoms with van der Waals surface area (Å²) in [5.74, 6) is 0.00122. The molecule has 0 aromatic heterocycles. The molecule has 1 N–H and O–H groups in total. The lowest BCUT2D eigenvalue weighted by molar-refractivity contribution is 0.124. The van der Waals surface area contributed by atoms with Crippen LogP contribution in [0.5, 0.6) is 5.75 Å². The highest BCUT2D eigenvalue weighted by molar-refractivity contribution is 5.33. The van der Waals surface area contributed by atoms with Gasteiger partial charge in [0.15, 0.2) is 11.6 Å². The average Bonchev–Trinajstić information content (AvgIpc) is 2.43. The van der Waals surface area contributed by atoms with Gasteiger partial charge in [0.25, 0.3) is 0 Å². The first-order chi connectivity index (χ1) is 9.24. The maximum absolute atomic E-state index is 14.2. The van der Waals surface area contributed by atoms with Crippen molar-refractivity contribution in [1.82, 2.24) is 5.32 Å². The average molecular weight is 269 g/mol. The van der Waals surface area contributed by atoms with Gasteiger partial charge in [-0.05, 0) is 25.5 Å². The number of halogens is 1. The lowest BCUT2D eigenvalue weighted by Crippen LogP contribution is -2.23. The Labute approximate surface area is 115 Å². The molecule has 0 bridgehead atoms. The predicted octanol–water partition coefficient (Wildman–Crippen LogP) is 3.30. The van der Waals surface area contributed by atoms with E-state index >= 15 is 0 Å².